The highest BCUT2D eigenvalue weighted by molar-refractivity contribution is 7.98. The summed E-state index contributed by atoms with van der Waals surface area (Å²) in [5.74, 6) is 1.31. The Labute approximate surface area is 86.2 Å². The maximum Gasteiger partial charge on any atom is 0.0192 e. The van der Waals surface area contributed by atoms with Gasteiger partial charge in [0.25, 0.3) is 0 Å². The molecule has 2 nitrogen and oxygen atoms in total. The van der Waals surface area contributed by atoms with Gasteiger partial charge in [0.15, 0.2) is 0 Å². The molecule has 1 fully saturated rings. The van der Waals surface area contributed by atoms with Crippen molar-refractivity contribution in [3.05, 3.63) is 0 Å². The molecule has 1 aliphatic rings. The molecule has 0 aliphatic carbocycles. The molecule has 0 aromatic rings. The maximum atomic E-state index is 3.61. The Balaban J connectivity index is 1.86. The van der Waals surface area contributed by atoms with E-state index in [1.165, 1.54) is 51.1 Å². The zero-order valence-corrected chi connectivity index (χ0v) is 9.46. The van der Waals surface area contributed by atoms with Crippen LogP contribution in [0.4, 0.5) is 0 Å². The van der Waals surface area contributed by atoms with Crippen molar-refractivity contribution in [2.24, 2.45) is 0 Å². The summed E-state index contributed by atoms with van der Waals surface area (Å²) in [5.41, 5.74) is 0. The molecule has 0 amide bonds. The van der Waals surface area contributed by atoms with Crippen molar-refractivity contribution in [3.8, 4) is 0 Å². The van der Waals surface area contributed by atoms with E-state index in [9.17, 15) is 0 Å². The van der Waals surface area contributed by atoms with Gasteiger partial charge in [0.2, 0.25) is 0 Å². The Hall–Kier alpha value is 0.270. The van der Waals surface area contributed by atoms with Crippen molar-refractivity contribution in [1.82, 2.24) is 10.6 Å². The molecule has 13 heavy (non-hydrogen) atoms. The van der Waals surface area contributed by atoms with Crippen LogP contribution in [0.15, 0.2) is 0 Å². The summed E-state index contributed by atoms with van der Waals surface area (Å²) in [5, 5.41) is 7.03. The lowest BCUT2D eigenvalue weighted by Gasteiger charge is -2.23. The molecular formula is C10H22N2S. The van der Waals surface area contributed by atoms with Crippen LogP contribution in [0, 0.1) is 0 Å². The van der Waals surface area contributed by atoms with Gasteiger partial charge in [-0.15, -0.1) is 0 Å². The lowest BCUT2D eigenvalue weighted by atomic mass is 10.1. The molecule has 0 bridgehead atoms. The van der Waals surface area contributed by atoms with E-state index in [1.807, 2.05) is 11.8 Å². The summed E-state index contributed by atoms with van der Waals surface area (Å²) in [6, 6.07) is 0.739. The number of unbranched alkanes of at least 4 members (excludes halogenated alkanes) is 1. The van der Waals surface area contributed by atoms with E-state index in [1.54, 1.807) is 0 Å². The molecule has 1 aliphatic heterocycles. The van der Waals surface area contributed by atoms with Gasteiger partial charge in [-0.25, -0.2) is 0 Å². The number of rotatable bonds is 6. The van der Waals surface area contributed by atoms with E-state index < -0.39 is 0 Å². The Kier molecular flexibility index (Phi) is 6.68. The lowest BCUT2D eigenvalue weighted by Crippen LogP contribution is -2.43. The summed E-state index contributed by atoms with van der Waals surface area (Å²) in [6.45, 7) is 3.58. The first-order chi connectivity index (χ1) is 6.43. The zero-order valence-electron chi connectivity index (χ0n) is 8.64. The highest BCUT2D eigenvalue weighted by atomic mass is 32.2. The first kappa shape index (κ1) is 11.3. The van der Waals surface area contributed by atoms with Crippen LogP contribution in [-0.2, 0) is 0 Å². The second-order valence-electron chi connectivity index (χ2n) is 3.70. The summed E-state index contributed by atoms with van der Waals surface area (Å²) in [4.78, 5) is 0. The van der Waals surface area contributed by atoms with Crippen LogP contribution < -0.4 is 10.6 Å². The van der Waals surface area contributed by atoms with Crippen LogP contribution >= 0.6 is 11.8 Å². The van der Waals surface area contributed by atoms with E-state index in [0.717, 1.165) is 6.04 Å². The third-order valence-corrected chi connectivity index (χ3v) is 3.20. The number of thioether (sulfide) groups is 1. The first-order valence-corrected chi connectivity index (χ1v) is 6.76. The van der Waals surface area contributed by atoms with Crippen molar-refractivity contribution < 1.29 is 0 Å². The average Bonchev–Trinajstić information content (AvgIpc) is 2.19. The van der Waals surface area contributed by atoms with E-state index in [0.29, 0.717) is 0 Å². The third kappa shape index (κ3) is 5.55. The van der Waals surface area contributed by atoms with Gasteiger partial charge in [-0.2, -0.15) is 11.8 Å². The molecule has 0 radical (unpaired) electrons. The van der Waals surface area contributed by atoms with Gasteiger partial charge in [0, 0.05) is 12.6 Å². The smallest absolute Gasteiger partial charge is 0.0192 e. The quantitative estimate of drug-likeness (QED) is 0.638. The summed E-state index contributed by atoms with van der Waals surface area (Å²) >= 11 is 1.95. The predicted molar refractivity (Wildman–Crippen MR) is 61.5 cm³/mol. The van der Waals surface area contributed by atoms with Gasteiger partial charge in [0.1, 0.15) is 0 Å². The minimum Gasteiger partial charge on any atom is -0.315 e. The molecule has 0 aromatic carbocycles. The molecule has 78 valence electrons. The molecule has 0 saturated carbocycles. The zero-order chi connectivity index (χ0) is 9.36. The Bertz CT molecular complexity index is 113. The van der Waals surface area contributed by atoms with E-state index >= 15 is 0 Å². The SMILES string of the molecule is CSCCCCNC1CCCNC1. The van der Waals surface area contributed by atoms with Gasteiger partial charge in [0.05, 0.1) is 0 Å². The van der Waals surface area contributed by atoms with Gasteiger partial charge in [-0.1, -0.05) is 0 Å². The molecule has 1 saturated heterocycles. The second-order valence-corrected chi connectivity index (χ2v) is 4.68. The predicted octanol–water partition coefficient (Wildman–Crippen LogP) is 1.47. The van der Waals surface area contributed by atoms with E-state index in [-0.39, 0.29) is 0 Å². The second kappa shape index (κ2) is 7.65. The fourth-order valence-corrected chi connectivity index (χ4v) is 2.20. The lowest BCUT2D eigenvalue weighted by molar-refractivity contribution is 0.388. The van der Waals surface area contributed by atoms with Crippen molar-refractivity contribution in [3.63, 3.8) is 0 Å². The largest absolute Gasteiger partial charge is 0.315 e. The Morgan fingerprint density at radius 1 is 1.46 bits per heavy atom. The van der Waals surface area contributed by atoms with Crippen molar-refractivity contribution in [2.75, 3.05) is 31.6 Å². The molecular weight excluding hydrogens is 180 g/mol. The van der Waals surface area contributed by atoms with Crippen LogP contribution in [0.5, 0.6) is 0 Å². The van der Waals surface area contributed by atoms with Crippen LogP contribution in [0.1, 0.15) is 25.7 Å². The van der Waals surface area contributed by atoms with Crippen LogP contribution in [0.25, 0.3) is 0 Å². The fourth-order valence-electron chi connectivity index (χ4n) is 1.70. The summed E-state index contributed by atoms with van der Waals surface area (Å²) < 4.78 is 0. The third-order valence-electron chi connectivity index (χ3n) is 2.51. The van der Waals surface area contributed by atoms with Crippen LogP contribution in [0.2, 0.25) is 0 Å². The Morgan fingerprint density at radius 3 is 3.08 bits per heavy atom. The van der Waals surface area contributed by atoms with Crippen molar-refractivity contribution in [1.29, 1.82) is 0 Å². The summed E-state index contributed by atoms with van der Waals surface area (Å²) in [6.07, 6.45) is 7.56. The Morgan fingerprint density at radius 2 is 2.38 bits per heavy atom. The van der Waals surface area contributed by atoms with Gasteiger partial charge in [-0.3, -0.25) is 0 Å². The summed E-state index contributed by atoms with van der Waals surface area (Å²) in [7, 11) is 0. The van der Waals surface area contributed by atoms with Crippen molar-refractivity contribution >= 4 is 11.8 Å². The van der Waals surface area contributed by atoms with Gasteiger partial charge >= 0.3 is 0 Å². The highest BCUT2D eigenvalue weighted by Crippen LogP contribution is 2.02. The van der Waals surface area contributed by atoms with Gasteiger partial charge < -0.3 is 10.6 Å². The molecule has 1 heterocycles. The normalized spacial score (nSPS) is 23.3. The molecule has 1 rings (SSSR count). The van der Waals surface area contributed by atoms with Gasteiger partial charge in [-0.05, 0) is 50.8 Å². The van der Waals surface area contributed by atoms with Crippen LogP contribution in [-0.4, -0.2) is 37.7 Å². The van der Waals surface area contributed by atoms with Crippen LogP contribution in [0.3, 0.4) is 0 Å². The first-order valence-electron chi connectivity index (χ1n) is 5.36. The number of hydrogen-bond acceptors (Lipinski definition) is 3. The van der Waals surface area contributed by atoms with E-state index in [2.05, 4.69) is 16.9 Å². The molecule has 3 heteroatoms. The van der Waals surface area contributed by atoms with E-state index in [4.69, 9.17) is 0 Å². The molecule has 2 N–H and O–H groups in total. The average molecular weight is 202 g/mol. The maximum absolute atomic E-state index is 3.61. The highest BCUT2D eigenvalue weighted by Gasteiger charge is 2.10. The number of piperidine rings is 1. The minimum atomic E-state index is 0.739. The molecule has 0 spiro atoms. The van der Waals surface area contributed by atoms with Crippen molar-refractivity contribution in [2.45, 2.75) is 31.7 Å². The monoisotopic (exact) mass is 202 g/mol. The molecule has 0 aromatic heterocycles. The fraction of sp³-hybridized carbons (Fsp3) is 1.00. The number of hydrogen-bond donors (Lipinski definition) is 2. The standard InChI is InChI=1S/C10H22N2S/c1-13-8-3-2-7-12-10-5-4-6-11-9-10/h10-12H,2-9H2,1H3. The molecule has 1 atom stereocenters. The topological polar surface area (TPSA) is 24.1 Å². The molecule has 1 unspecified atom stereocenters. The number of nitrogens with one attached hydrogen (secondary N) is 2. The minimum absolute atomic E-state index is 0.739.